The number of rotatable bonds is 4. The second-order valence-corrected chi connectivity index (χ2v) is 8.70. The van der Waals surface area contributed by atoms with E-state index in [1.54, 1.807) is 38.5 Å². The number of aromatic nitrogens is 4. The highest BCUT2D eigenvalue weighted by Gasteiger charge is 2.33. The maximum absolute atomic E-state index is 13.0. The second kappa shape index (κ2) is 7.22. The topological polar surface area (TPSA) is 84.5 Å². The van der Waals surface area contributed by atoms with Crippen molar-refractivity contribution >= 4 is 21.8 Å². The largest absolute Gasteiger partial charge is 0.433 e. The number of aryl methyl sites for hydroxylation is 1. The molecule has 0 spiro atoms. The summed E-state index contributed by atoms with van der Waals surface area (Å²) < 4.78 is 53.2. The van der Waals surface area contributed by atoms with Gasteiger partial charge in [-0.1, -0.05) is 6.92 Å². The summed E-state index contributed by atoms with van der Waals surface area (Å²) in [6.07, 6.45) is -1.96. The van der Waals surface area contributed by atoms with Crippen LogP contribution in [-0.4, -0.2) is 29.5 Å². The predicted molar refractivity (Wildman–Crippen MR) is 102 cm³/mol. The third-order valence-corrected chi connectivity index (χ3v) is 5.96. The average molecular weight is 421 g/mol. The molecule has 0 unspecified atom stereocenters. The minimum atomic E-state index is -4.58. The van der Waals surface area contributed by atoms with E-state index in [0.29, 0.717) is 27.4 Å². The number of hydrogen-bond donors (Lipinski definition) is 0. The maximum Gasteiger partial charge on any atom is 0.433 e. The van der Waals surface area contributed by atoms with Crippen LogP contribution in [0.15, 0.2) is 29.4 Å². The molecule has 0 radical (unpaired) electrons. The Morgan fingerprint density at radius 3 is 2.48 bits per heavy atom. The summed E-state index contributed by atoms with van der Waals surface area (Å²) in [5.74, 6) is 0.591. The van der Waals surface area contributed by atoms with Gasteiger partial charge in [-0.05, 0) is 31.5 Å². The Morgan fingerprint density at radius 1 is 1.21 bits per heavy atom. The van der Waals surface area contributed by atoms with Crippen molar-refractivity contribution in [3.05, 3.63) is 35.8 Å². The predicted octanol–water partition coefficient (Wildman–Crippen LogP) is 3.98. The van der Waals surface area contributed by atoms with E-state index in [2.05, 4.69) is 21.0 Å². The molecular formula is C19H18F3N5OS. The zero-order valence-electron chi connectivity index (χ0n) is 16.2. The number of nitriles is 1. The Kier molecular flexibility index (Phi) is 5.21. The summed E-state index contributed by atoms with van der Waals surface area (Å²) in [7, 11) is 0.213. The molecule has 3 aromatic rings. The lowest BCUT2D eigenvalue weighted by Crippen LogP contribution is -2.16. The number of alkyl halides is 3. The van der Waals surface area contributed by atoms with Crippen LogP contribution in [-0.2, 0) is 29.4 Å². The molecule has 0 N–H and O–H groups in total. The smallest absolute Gasteiger partial charge is 0.325 e. The minimum Gasteiger partial charge on any atom is -0.325 e. The first kappa shape index (κ1) is 20.9. The molecule has 3 heterocycles. The Hall–Kier alpha value is -2.80. The molecule has 29 heavy (non-hydrogen) atoms. The minimum absolute atomic E-state index is 0.112. The van der Waals surface area contributed by atoms with E-state index in [0.717, 1.165) is 12.3 Å². The summed E-state index contributed by atoms with van der Waals surface area (Å²) in [5.41, 5.74) is -0.470. The molecule has 0 saturated carbocycles. The normalized spacial score (nSPS) is 13.4. The lowest BCUT2D eigenvalue weighted by Gasteiger charge is -2.17. The summed E-state index contributed by atoms with van der Waals surface area (Å²) in [6, 6.07) is 4.71. The number of imidazole rings is 1. The molecule has 0 aromatic carbocycles. The van der Waals surface area contributed by atoms with Crippen molar-refractivity contribution in [2.45, 2.75) is 37.3 Å². The van der Waals surface area contributed by atoms with Gasteiger partial charge < -0.3 is 4.57 Å². The van der Waals surface area contributed by atoms with E-state index >= 15 is 0 Å². The lowest BCUT2D eigenvalue weighted by molar-refractivity contribution is -0.141. The SMILES string of the molecule is CC[S@@](=O)c1cc(C(C)(C)C#N)cnc1-c1nc2cc(C(F)(F)F)ncc2n1C. The van der Waals surface area contributed by atoms with E-state index in [4.69, 9.17) is 0 Å². The number of nitrogens with zero attached hydrogens (tertiary/aromatic N) is 5. The Morgan fingerprint density at radius 2 is 1.90 bits per heavy atom. The van der Waals surface area contributed by atoms with Gasteiger partial charge in [-0.15, -0.1) is 0 Å². The van der Waals surface area contributed by atoms with Crippen molar-refractivity contribution in [1.29, 1.82) is 5.26 Å². The third kappa shape index (κ3) is 3.74. The highest BCUT2D eigenvalue weighted by molar-refractivity contribution is 7.85. The fraction of sp³-hybridized carbons (Fsp3) is 0.368. The zero-order valence-corrected chi connectivity index (χ0v) is 17.0. The first-order valence-electron chi connectivity index (χ1n) is 8.69. The molecule has 0 aliphatic rings. The van der Waals surface area contributed by atoms with Crippen molar-refractivity contribution < 1.29 is 17.4 Å². The van der Waals surface area contributed by atoms with Gasteiger partial charge in [0.25, 0.3) is 0 Å². The van der Waals surface area contributed by atoms with E-state index in [1.165, 1.54) is 6.20 Å². The van der Waals surface area contributed by atoms with Gasteiger partial charge in [0.1, 0.15) is 11.4 Å². The first-order valence-corrected chi connectivity index (χ1v) is 10.0. The molecule has 3 aromatic heterocycles. The Labute approximate surface area is 167 Å². The van der Waals surface area contributed by atoms with Crippen LogP contribution >= 0.6 is 0 Å². The van der Waals surface area contributed by atoms with Gasteiger partial charge >= 0.3 is 6.18 Å². The van der Waals surface area contributed by atoms with Crippen LogP contribution in [0.3, 0.4) is 0 Å². The van der Waals surface area contributed by atoms with Crippen molar-refractivity contribution in [3.63, 3.8) is 0 Å². The molecule has 1 atom stereocenters. The van der Waals surface area contributed by atoms with Crippen LogP contribution < -0.4 is 0 Å². The van der Waals surface area contributed by atoms with Gasteiger partial charge in [0.15, 0.2) is 5.82 Å². The van der Waals surface area contributed by atoms with Crippen molar-refractivity contribution in [2.24, 2.45) is 7.05 Å². The molecule has 3 rings (SSSR count). The van der Waals surface area contributed by atoms with Gasteiger partial charge in [-0.25, -0.2) is 9.97 Å². The molecule has 10 heteroatoms. The molecule has 152 valence electrons. The number of pyridine rings is 2. The summed E-state index contributed by atoms with van der Waals surface area (Å²) in [6.45, 7) is 5.19. The summed E-state index contributed by atoms with van der Waals surface area (Å²) in [4.78, 5) is 12.6. The van der Waals surface area contributed by atoms with Crippen LogP contribution in [0.4, 0.5) is 13.2 Å². The molecule has 0 bridgehead atoms. The van der Waals surface area contributed by atoms with Crippen LogP contribution in [0, 0.1) is 11.3 Å². The van der Waals surface area contributed by atoms with Crippen molar-refractivity contribution in [1.82, 2.24) is 19.5 Å². The van der Waals surface area contributed by atoms with Crippen LogP contribution in [0.5, 0.6) is 0 Å². The van der Waals surface area contributed by atoms with E-state index in [1.807, 2.05) is 0 Å². The van der Waals surface area contributed by atoms with E-state index < -0.39 is 28.1 Å². The first-order chi connectivity index (χ1) is 13.5. The summed E-state index contributed by atoms with van der Waals surface area (Å²) >= 11 is 0. The quantitative estimate of drug-likeness (QED) is 0.636. The molecule has 0 aliphatic carbocycles. The molecular weight excluding hydrogens is 403 g/mol. The van der Waals surface area contributed by atoms with Gasteiger partial charge in [0.05, 0.1) is 44.4 Å². The van der Waals surface area contributed by atoms with Gasteiger partial charge in [-0.3, -0.25) is 9.19 Å². The third-order valence-electron chi connectivity index (χ3n) is 4.63. The zero-order chi connectivity index (χ0) is 21.6. The van der Waals surface area contributed by atoms with Gasteiger partial charge in [-0.2, -0.15) is 18.4 Å². The molecule has 0 aliphatic heterocycles. The highest BCUT2D eigenvalue weighted by Crippen LogP contribution is 2.33. The number of halogens is 3. The standard InChI is InChI=1S/C19H18F3N5OS/c1-5-29(28)14-6-11(18(2,3)10-23)8-25-16(14)17-26-12-7-15(19(20,21)22)24-9-13(12)27(17)4/h6-9H,5H2,1-4H3/t29-/m1/s1. The fourth-order valence-corrected chi connectivity index (χ4v) is 3.73. The van der Waals surface area contributed by atoms with Crippen molar-refractivity contribution in [3.8, 4) is 17.6 Å². The lowest BCUT2D eigenvalue weighted by atomic mass is 9.87. The van der Waals surface area contributed by atoms with Gasteiger partial charge in [0, 0.05) is 19.0 Å². The average Bonchev–Trinajstić information content (AvgIpc) is 3.02. The molecule has 0 fully saturated rings. The molecule has 0 amide bonds. The van der Waals surface area contributed by atoms with Crippen molar-refractivity contribution in [2.75, 3.05) is 5.75 Å². The highest BCUT2D eigenvalue weighted by atomic mass is 32.2. The monoisotopic (exact) mass is 421 g/mol. The molecule has 6 nitrogen and oxygen atoms in total. The molecule has 0 saturated heterocycles. The van der Waals surface area contributed by atoms with Crippen LogP contribution in [0.2, 0.25) is 0 Å². The fourth-order valence-electron chi connectivity index (χ4n) is 2.80. The van der Waals surface area contributed by atoms with Gasteiger partial charge in [0.2, 0.25) is 0 Å². The maximum atomic E-state index is 13.0. The Bertz CT molecular complexity index is 1160. The number of fused-ring (bicyclic) bond motifs is 1. The summed E-state index contributed by atoms with van der Waals surface area (Å²) in [5, 5.41) is 9.38. The van der Waals surface area contributed by atoms with E-state index in [-0.39, 0.29) is 11.3 Å². The van der Waals surface area contributed by atoms with Crippen LogP contribution in [0.25, 0.3) is 22.6 Å². The Balaban J connectivity index is 2.24. The second-order valence-electron chi connectivity index (χ2n) is 6.99. The van der Waals surface area contributed by atoms with Crippen LogP contribution in [0.1, 0.15) is 32.0 Å². The number of hydrogen-bond acceptors (Lipinski definition) is 5. The van der Waals surface area contributed by atoms with E-state index in [9.17, 15) is 22.6 Å².